The van der Waals surface area contributed by atoms with Crippen LogP contribution in [-0.4, -0.2) is 30.6 Å². The number of rotatable bonds is 6. The summed E-state index contributed by atoms with van der Waals surface area (Å²) in [6, 6.07) is 1.47. The van der Waals surface area contributed by atoms with Gasteiger partial charge in [-0.05, 0) is 13.0 Å². The maximum absolute atomic E-state index is 11.7. The van der Waals surface area contributed by atoms with Gasteiger partial charge in [0.1, 0.15) is 5.15 Å². The number of hydrogen-bond acceptors (Lipinski definition) is 3. The standard InChI is InChI=1S/C12H14Cl2N2O2/c1-8(2)7-18-4-3-15-12(17)9-5-10(13)11(14)16-6-9/h5-6H,1,3-4,7H2,2H3,(H,15,17). The lowest BCUT2D eigenvalue weighted by Gasteiger charge is -2.06. The van der Waals surface area contributed by atoms with Crippen molar-refractivity contribution < 1.29 is 9.53 Å². The zero-order chi connectivity index (χ0) is 13.5. The normalized spacial score (nSPS) is 10.2. The van der Waals surface area contributed by atoms with Gasteiger partial charge in [0.05, 0.1) is 23.8 Å². The van der Waals surface area contributed by atoms with E-state index in [9.17, 15) is 4.79 Å². The number of pyridine rings is 1. The molecule has 18 heavy (non-hydrogen) atoms. The van der Waals surface area contributed by atoms with E-state index in [1.807, 2.05) is 6.92 Å². The number of carbonyl (C=O) groups excluding carboxylic acids is 1. The third-order valence-electron chi connectivity index (χ3n) is 1.94. The molecule has 0 fully saturated rings. The predicted molar refractivity (Wildman–Crippen MR) is 72.2 cm³/mol. The molecule has 1 aromatic heterocycles. The molecule has 0 atom stereocenters. The first-order valence-corrected chi connectivity index (χ1v) is 6.07. The molecular weight excluding hydrogens is 275 g/mol. The molecule has 4 nitrogen and oxygen atoms in total. The van der Waals surface area contributed by atoms with Crippen molar-refractivity contribution in [3.8, 4) is 0 Å². The van der Waals surface area contributed by atoms with Crippen molar-refractivity contribution in [2.75, 3.05) is 19.8 Å². The Morgan fingerprint density at radius 2 is 2.28 bits per heavy atom. The highest BCUT2D eigenvalue weighted by Crippen LogP contribution is 2.19. The van der Waals surface area contributed by atoms with Gasteiger partial charge >= 0.3 is 0 Å². The van der Waals surface area contributed by atoms with E-state index < -0.39 is 0 Å². The molecule has 1 aromatic rings. The molecular formula is C12H14Cl2N2O2. The summed E-state index contributed by atoms with van der Waals surface area (Å²) in [5, 5.41) is 3.12. The van der Waals surface area contributed by atoms with Crippen molar-refractivity contribution in [1.29, 1.82) is 0 Å². The van der Waals surface area contributed by atoms with Crippen molar-refractivity contribution in [3.05, 3.63) is 40.2 Å². The molecule has 0 aromatic carbocycles. The molecule has 0 bridgehead atoms. The minimum Gasteiger partial charge on any atom is -0.375 e. The second-order valence-corrected chi connectivity index (χ2v) is 4.53. The lowest BCUT2D eigenvalue weighted by atomic mass is 10.3. The molecule has 98 valence electrons. The summed E-state index contributed by atoms with van der Waals surface area (Å²) in [6.07, 6.45) is 1.37. The highest BCUT2D eigenvalue weighted by atomic mass is 35.5. The van der Waals surface area contributed by atoms with Gasteiger partial charge in [0, 0.05) is 12.7 Å². The lowest BCUT2D eigenvalue weighted by molar-refractivity contribution is 0.0926. The highest BCUT2D eigenvalue weighted by Gasteiger charge is 2.08. The fraction of sp³-hybridized carbons (Fsp3) is 0.333. The van der Waals surface area contributed by atoms with Crippen LogP contribution in [0.5, 0.6) is 0 Å². The number of aromatic nitrogens is 1. The minimum absolute atomic E-state index is 0.179. The molecule has 1 N–H and O–H groups in total. The lowest BCUT2D eigenvalue weighted by Crippen LogP contribution is -2.27. The summed E-state index contributed by atoms with van der Waals surface area (Å²) in [4.78, 5) is 15.5. The van der Waals surface area contributed by atoms with Gasteiger partial charge in [0.15, 0.2) is 0 Å². The van der Waals surface area contributed by atoms with Gasteiger partial charge in [0.25, 0.3) is 5.91 Å². The van der Waals surface area contributed by atoms with Crippen LogP contribution in [0.1, 0.15) is 17.3 Å². The van der Waals surface area contributed by atoms with Crippen LogP contribution in [0, 0.1) is 0 Å². The Kier molecular flexibility index (Phi) is 6.12. The molecule has 0 unspecified atom stereocenters. The van der Waals surface area contributed by atoms with Crippen LogP contribution in [-0.2, 0) is 4.74 Å². The fourth-order valence-electron chi connectivity index (χ4n) is 1.13. The van der Waals surface area contributed by atoms with Gasteiger partial charge in [-0.15, -0.1) is 0 Å². The van der Waals surface area contributed by atoms with E-state index >= 15 is 0 Å². The predicted octanol–water partition coefficient (Wildman–Crippen LogP) is 2.71. The van der Waals surface area contributed by atoms with Gasteiger partial charge in [-0.3, -0.25) is 4.79 Å². The number of ether oxygens (including phenoxy) is 1. The van der Waals surface area contributed by atoms with Crippen molar-refractivity contribution >= 4 is 29.1 Å². The Hall–Kier alpha value is -1.10. The van der Waals surface area contributed by atoms with Crippen LogP contribution in [0.4, 0.5) is 0 Å². The van der Waals surface area contributed by atoms with Gasteiger partial charge in [-0.1, -0.05) is 35.4 Å². The van der Waals surface area contributed by atoms with Crippen molar-refractivity contribution in [3.63, 3.8) is 0 Å². The Morgan fingerprint density at radius 1 is 1.56 bits per heavy atom. The fourth-order valence-corrected chi connectivity index (χ4v) is 1.40. The Labute approximate surface area is 116 Å². The molecule has 0 aliphatic heterocycles. The molecule has 0 aliphatic rings. The number of carbonyl (C=O) groups is 1. The van der Waals surface area contributed by atoms with E-state index in [4.69, 9.17) is 27.9 Å². The second-order valence-electron chi connectivity index (χ2n) is 3.76. The second kappa shape index (κ2) is 7.36. The smallest absolute Gasteiger partial charge is 0.252 e. The summed E-state index contributed by atoms with van der Waals surface area (Å²) < 4.78 is 5.25. The summed E-state index contributed by atoms with van der Waals surface area (Å²) in [5.74, 6) is -0.264. The first-order chi connectivity index (χ1) is 8.50. The maximum Gasteiger partial charge on any atom is 0.252 e. The van der Waals surface area contributed by atoms with E-state index in [1.165, 1.54) is 12.3 Å². The van der Waals surface area contributed by atoms with E-state index in [-0.39, 0.29) is 16.1 Å². The van der Waals surface area contributed by atoms with Crippen molar-refractivity contribution in [2.45, 2.75) is 6.92 Å². The molecule has 6 heteroatoms. The van der Waals surface area contributed by atoms with Gasteiger partial charge in [0.2, 0.25) is 0 Å². The topological polar surface area (TPSA) is 51.2 Å². The van der Waals surface area contributed by atoms with Gasteiger partial charge in [-0.25, -0.2) is 4.98 Å². The summed E-state index contributed by atoms with van der Waals surface area (Å²) in [6.45, 7) is 6.90. The van der Waals surface area contributed by atoms with Gasteiger partial charge < -0.3 is 10.1 Å². The molecule has 1 amide bonds. The number of nitrogens with zero attached hydrogens (tertiary/aromatic N) is 1. The summed E-state index contributed by atoms with van der Waals surface area (Å²) >= 11 is 11.4. The average molecular weight is 289 g/mol. The summed E-state index contributed by atoms with van der Waals surface area (Å²) in [5.41, 5.74) is 1.30. The largest absolute Gasteiger partial charge is 0.375 e. The van der Waals surface area contributed by atoms with Crippen LogP contribution in [0.15, 0.2) is 24.4 Å². The minimum atomic E-state index is -0.264. The van der Waals surface area contributed by atoms with Crippen LogP contribution >= 0.6 is 23.2 Å². The monoisotopic (exact) mass is 288 g/mol. The third kappa shape index (κ3) is 5.04. The zero-order valence-corrected chi connectivity index (χ0v) is 11.5. The van der Waals surface area contributed by atoms with E-state index in [1.54, 1.807) is 0 Å². The van der Waals surface area contributed by atoms with Crippen molar-refractivity contribution in [1.82, 2.24) is 10.3 Å². The van der Waals surface area contributed by atoms with E-state index in [0.29, 0.717) is 25.3 Å². The van der Waals surface area contributed by atoms with Crippen LogP contribution < -0.4 is 5.32 Å². The average Bonchev–Trinajstić information content (AvgIpc) is 2.31. The molecule has 0 radical (unpaired) electrons. The maximum atomic E-state index is 11.7. The Balaban J connectivity index is 2.36. The molecule has 0 aliphatic carbocycles. The molecule has 0 spiro atoms. The van der Waals surface area contributed by atoms with Crippen LogP contribution in [0.3, 0.4) is 0 Å². The van der Waals surface area contributed by atoms with Crippen LogP contribution in [0.2, 0.25) is 10.2 Å². The molecule has 0 saturated carbocycles. The number of halogens is 2. The Morgan fingerprint density at radius 3 is 2.89 bits per heavy atom. The van der Waals surface area contributed by atoms with Gasteiger partial charge in [-0.2, -0.15) is 0 Å². The third-order valence-corrected chi connectivity index (χ3v) is 2.62. The zero-order valence-electron chi connectivity index (χ0n) is 10.0. The van der Waals surface area contributed by atoms with Crippen molar-refractivity contribution in [2.24, 2.45) is 0 Å². The molecule has 1 rings (SSSR count). The number of nitrogens with one attached hydrogen (secondary N) is 1. The van der Waals surface area contributed by atoms with Crippen LogP contribution in [0.25, 0.3) is 0 Å². The number of hydrogen-bond donors (Lipinski definition) is 1. The van der Waals surface area contributed by atoms with E-state index in [2.05, 4.69) is 16.9 Å². The summed E-state index contributed by atoms with van der Waals surface area (Å²) in [7, 11) is 0. The quantitative estimate of drug-likeness (QED) is 0.497. The SMILES string of the molecule is C=C(C)COCCNC(=O)c1cnc(Cl)c(Cl)c1. The molecule has 1 heterocycles. The first kappa shape index (κ1) is 15.0. The first-order valence-electron chi connectivity index (χ1n) is 5.32. The number of amides is 1. The highest BCUT2D eigenvalue weighted by molar-refractivity contribution is 6.41. The van der Waals surface area contributed by atoms with E-state index in [0.717, 1.165) is 5.57 Å². The Bertz CT molecular complexity index is 450. The molecule has 0 saturated heterocycles.